The van der Waals surface area contributed by atoms with Gasteiger partial charge in [-0.2, -0.15) is 0 Å². The number of benzene rings is 2. The van der Waals surface area contributed by atoms with Crippen molar-refractivity contribution in [3.63, 3.8) is 0 Å². The van der Waals surface area contributed by atoms with Crippen molar-refractivity contribution in [3.05, 3.63) is 77.2 Å². The molecular formula is C25H30F2N2O2S. The highest BCUT2D eigenvalue weighted by molar-refractivity contribution is 7.90. The molecule has 0 bridgehead atoms. The largest absolute Gasteiger partial charge is 0.598 e. The Hall–Kier alpha value is -2.22. The number of hydrogen-bond donors (Lipinski definition) is 1. The highest BCUT2D eigenvalue weighted by Gasteiger charge is 2.39. The zero-order valence-electron chi connectivity index (χ0n) is 19.3. The minimum Gasteiger partial charge on any atom is -0.598 e. The van der Waals surface area contributed by atoms with Gasteiger partial charge in [0.15, 0.2) is 0 Å². The summed E-state index contributed by atoms with van der Waals surface area (Å²) in [6.07, 6.45) is 0.413. The number of aromatic nitrogens is 1. The topological polar surface area (TPSA) is 61.1 Å². The van der Waals surface area contributed by atoms with Crippen LogP contribution in [0.2, 0.25) is 0 Å². The third-order valence-corrected chi connectivity index (χ3v) is 6.58. The fraction of sp³-hybridized carbons (Fsp3) is 0.400. The van der Waals surface area contributed by atoms with Crippen LogP contribution < -0.4 is 4.72 Å². The molecule has 0 amide bonds. The van der Waals surface area contributed by atoms with Crippen molar-refractivity contribution in [1.82, 2.24) is 9.71 Å². The lowest BCUT2D eigenvalue weighted by molar-refractivity contribution is 0.294. The average Bonchev–Trinajstić information content (AvgIpc) is 3.09. The molecule has 4 nitrogen and oxygen atoms in total. The predicted molar refractivity (Wildman–Crippen MR) is 124 cm³/mol. The summed E-state index contributed by atoms with van der Waals surface area (Å²) < 4.78 is 50.1. The lowest BCUT2D eigenvalue weighted by atomic mass is 9.84. The molecule has 3 aromatic rings. The van der Waals surface area contributed by atoms with E-state index < -0.39 is 33.8 Å². The Labute approximate surface area is 191 Å². The second-order valence-electron chi connectivity index (χ2n) is 9.91. The number of nitrogens with zero attached hydrogens (tertiary/aromatic N) is 1. The molecule has 2 atom stereocenters. The molecule has 1 heterocycles. The fourth-order valence-electron chi connectivity index (χ4n) is 3.20. The van der Waals surface area contributed by atoms with E-state index in [4.69, 9.17) is 4.42 Å². The van der Waals surface area contributed by atoms with E-state index in [0.29, 0.717) is 17.9 Å². The van der Waals surface area contributed by atoms with Gasteiger partial charge in [-0.15, -0.1) is 4.72 Å². The first-order chi connectivity index (χ1) is 14.9. The van der Waals surface area contributed by atoms with Gasteiger partial charge in [0.2, 0.25) is 5.89 Å². The number of hydrogen-bond acceptors (Lipinski definition) is 4. The molecular weight excluding hydrogens is 430 g/mol. The van der Waals surface area contributed by atoms with Crippen LogP contribution in [-0.4, -0.2) is 14.3 Å². The highest BCUT2D eigenvalue weighted by atomic mass is 32.2. The molecule has 0 spiro atoms. The lowest BCUT2D eigenvalue weighted by Gasteiger charge is -2.34. The van der Waals surface area contributed by atoms with Crippen LogP contribution in [0, 0.1) is 17.0 Å². The van der Waals surface area contributed by atoms with E-state index in [2.05, 4.69) is 9.71 Å². The van der Waals surface area contributed by atoms with Crippen molar-refractivity contribution in [2.75, 3.05) is 0 Å². The summed E-state index contributed by atoms with van der Waals surface area (Å²) >= 11 is -1.38. The Balaban J connectivity index is 2.13. The normalized spacial score (nSPS) is 14.4. The summed E-state index contributed by atoms with van der Waals surface area (Å²) in [5.41, 5.74) is 1.09. The summed E-state index contributed by atoms with van der Waals surface area (Å²) in [7, 11) is 0. The van der Waals surface area contributed by atoms with Crippen LogP contribution in [0.5, 0.6) is 0 Å². The molecule has 0 fully saturated rings. The van der Waals surface area contributed by atoms with Gasteiger partial charge in [0, 0.05) is 17.8 Å². The molecule has 7 heteroatoms. The van der Waals surface area contributed by atoms with Crippen LogP contribution in [0.3, 0.4) is 0 Å². The molecule has 0 radical (unpaired) electrons. The van der Waals surface area contributed by atoms with Crippen molar-refractivity contribution in [2.45, 2.75) is 58.8 Å². The highest BCUT2D eigenvalue weighted by Crippen LogP contribution is 2.38. The SMILES string of the molecule is CC(C)(C)C(N[S+]([O-])C(C)(C)C)c1nc(-c2cc(F)ccc2F)oc1Cc1ccccc1. The molecule has 172 valence electrons. The van der Waals surface area contributed by atoms with Crippen LogP contribution in [0.4, 0.5) is 8.78 Å². The quantitative estimate of drug-likeness (QED) is 0.436. The molecule has 0 aliphatic heterocycles. The van der Waals surface area contributed by atoms with E-state index in [0.717, 1.165) is 23.8 Å². The molecule has 2 aromatic carbocycles. The Morgan fingerprint density at radius 1 is 1.03 bits per heavy atom. The van der Waals surface area contributed by atoms with E-state index >= 15 is 0 Å². The van der Waals surface area contributed by atoms with E-state index in [9.17, 15) is 13.3 Å². The van der Waals surface area contributed by atoms with Gasteiger partial charge in [-0.1, -0.05) is 51.1 Å². The molecule has 1 aromatic heterocycles. The van der Waals surface area contributed by atoms with Crippen molar-refractivity contribution >= 4 is 11.4 Å². The molecule has 32 heavy (non-hydrogen) atoms. The maximum Gasteiger partial charge on any atom is 0.229 e. The van der Waals surface area contributed by atoms with Crippen molar-refractivity contribution in [1.29, 1.82) is 0 Å². The zero-order chi connectivity index (χ0) is 23.7. The maximum absolute atomic E-state index is 14.5. The van der Waals surface area contributed by atoms with Gasteiger partial charge in [0.05, 0.1) is 5.56 Å². The van der Waals surface area contributed by atoms with Gasteiger partial charge in [0.25, 0.3) is 0 Å². The summed E-state index contributed by atoms with van der Waals surface area (Å²) in [4.78, 5) is 4.61. The van der Waals surface area contributed by atoms with E-state index in [1.165, 1.54) is 0 Å². The van der Waals surface area contributed by atoms with E-state index in [1.54, 1.807) is 0 Å². The molecule has 0 saturated carbocycles. The van der Waals surface area contributed by atoms with Crippen LogP contribution >= 0.6 is 0 Å². The number of rotatable bonds is 6. The van der Waals surface area contributed by atoms with Crippen molar-refractivity contribution in [3.8, 4) is 11.5 Å². The number of oxazole rings is 1. The van der Waals surface area contributed by atoms with Crippen LogP contribution in [0.15, 0.2) is 52.9 Å². The molecule has 0 aliphatic rings. The van der Waals surface area contributed by atoms with Crippen LogP contribution in [0.1, 0.15) is 64.6 Å². The lowest BCUT2D eigenvalue weighted by Crippen LogP contribution is -2.45. The van der Waals surface area contributed by atoms with Crippen LogP contribution in [0.25, 0.3) is 11.5 Å². The Morgan fingerprint density at radius 2 is 1.69 bits per heavy atom. The summed E-state index contributed by atoms with van der Waals surface area (Å²) in [5.74, 6) is -0.678. The third-order valence-electron chi connectivity index (χ3n) is 5.01. The first kappa shape index (κ1) is 24.4. The standard InChI is InChI=1S/C25H30F2N2O2S/c1-24(2,3)22(29-32(30)25(4,5)6)21-20(14-16-10-8-7-9-11-16)31-23(28-21)18-15-17(26)12-13-19(18)27/h7-13,15,22,29H,14H2,1-6H3. The minimum atomic E-state index is -1.38. The monoisotopic (exact) mass is 460 g/mol. The molecule has 3 rings (SSSR count). The van der Waals surface area contributed by atoms with Crippen molar-refractivity contribution < 1.29 is 17.8 Å². The Bertz CT molecular complexity index is 1060. The minimum absolute atomic E-state index is 0.000483. The number of halogens is 2. The second kappa shape index (κ2) is 9.33. The summed E-state index contributed by atoms with van der Waals surface area (Å²) in [5, 5.41) is 0. The van der Waals surface area contributed by atoms with Crippen molar-refractivity contribution in [2.24, 2.45) is 5.41 Å². The van der Waals surface area contributed by atoms with Gasteiger partial charge < -0.3 is 8.97 Å². The number of nitrogens with one attached hydrogen (secondary N) is 1. The summed E-state index contributed by atoms with van der Waals surface area (Å²) in [6, 6.07) is 12.4. The zero-order valence-corrected chi connectivity index (χ0v) is 20.1. The van der Waals surface area contributed by atoms with Gasteiger partial charge in [0.1, 0.15) is 33.9 Å². The van der Waals surface area contributed by atoms with Gasteiger partial charge >= 0.3 is 0 Å². The van der Waals surface area contributed by atoms with E-state index in [-0.39, 0.29) is 16.9 Å². The third kappa shape index (κ3) is 5.77. The van der Waals surface area contributed by atoms with Gasteiger partial charge in [-0.25, -0.2) is 13.8 Å². The van der Waals surface area contributed by atoms with E-state index in [1.807, 2.05) is 71.9 Å². The summed E-state index contributed by atoms with van der Waals surface area (Å²) in [6.45, 7) is 11.7. The molecule has 1 N–H and O–H groups in total. The van der Waals surface area contributed by atoms with Gasteiger partial charge in [-0.05, 0) is 49.9 Å². The Kier molecular flexibility index (Phi) is 7.12. The first-order valence-corrected chi connectivity index (χ1v) is 11.7. The maximum atomic E-state index is 14.5. The fourth-order valence-corrected chi connectivity index (χ4v) is 4.23. The second-order valence-corrected chi connectivity index (χ2v) is 11.9. The average molecular weight is 461 g/mol. The predicted octanol–water partition coefficient (Wildman–Crippen LogP) is 6.35. The molecule has 0 saturated heterocycles. The van der Waals surface area contributed by atoms with Crippen LogP contribution in [-0.2, 0) is 17.8 Å². The molecule has 2 unspecified atom stereocenters. The Morgan fingerprint density at radius 3 is 2.28 bits per heavy atom. The molecule has 0 aliphatic carbocycles. The first-order valence-electron chi connectivity index (χ1n) is 10.5. The van der Waals surface area contributed by atoms with Gasteiger partial charge in [-0.3, -0.25) is 0 Å². The smallest absolute Gasteiger partial charge is 0.229 e.